The number of amides is 3. The van der Waals surface area contributed by atoms with E-state index in [4.69, 9.17) is 5.73 Å². The molecular weight excluding hydrogens is 294 g/mol. The Labute approximate surface area is 123 Å². The standard InChI is InChI=1S/C13H13N3O6/c14-8-4-3-16(5-1-2-6(17)15-12(5)21)13(22)7(4)9(18)11(20)10(8)19/h5,18-20H,1-3,14H2,(H,15,17,21). The van der Waals surface area contributed by atoms with Crippen molar-refractivity contribution in [1.82, 2.24) is 10.2 Å². The van der Waals surface area contributed by atoms with Crippen LogP contribution in [0.1, 0.15) is 28.8 Å². The second kappa shape index (κ2) is 4.52. The zero-order chi connectivity index (χ0) is 16.2. The number of imide groups is 1. The fourth-order valence-electron chi connectivity index (χ4n) is 2.79. The Hall–Kier alpha value is -2.97. The molecule has 1 unspecified atom stereocenters. The molecule has 0 radical (unpaired) electrons. The molecule has 9 heteroatoms. The first-order valence-corrected chi connectivity index (χ1v) is 6.52. The van der Waals surface area contributed by atoms with Gasteiger partial charge in [0.25, 0.3) is 5.91 Å². The van der Waals surface area contributed by atoms with Gasteiger partial charge in [0.15, 0.2) is 11.5 Å². The highest BCUT2D eigenvalue weighted by Crippen LogP contribution is 2.48. The van der Waals surface area contributed by atoms with E-state index in [-0.39, 0.29) is 36.2 Å². The number of rotatable bonds is 1. The van der Waals surface area contributed by atoms with Gasteiger partial charge in [-0.1, -0.05) is 0 Å². The lowest BCUT2D eigenvalue weighted by molar-refractivity contribution is -0.136. The zero-order valence-electron chi connectivity index (χ0n) is 11.3. The second-order valence-electron chi connectivity index (χ2n) is 5.21. The van der Waals surface area contributed by atoms with Crippen LogP contribution in [-0.2, 0) is 16.1 Å². The molecular formula is C13H13N3O6. The van der Waals surface area contributed by atoms with Crippen molar-refractivity contribution in [3.8, 4) is 17.2 Å². The Morgan fingerprint density at radius 1 is 1.09 bits per heavy atom. The van der Waals surface area contributed by atoms with Crippen molar-refractivity contribution in [1.29, 1.82) is 0 Å². The van der Waals surface area contributed by atoms with Crippen molar-refractivity contribution in [2.75, 3.05) is 5.73 Å². The molecule has 9 nitrogen and oxygen atoms in total. The summed E-state index contributed by atoms with van der Waals surface area (Å²) in [5, 5.41) is 31.2. The topological polar surface area (TPSA) is 153 Å². The lowest BCUT2D eigenvalue weighted by Crippen LogP contribution is -2.52. The van der Waals surface area contributed by atoms with Gasteiger partial charge in [0.2, 0.25) is 17.6 Å². The highest BCUT2D eigenvalue weighted by atomic mass is 16.3. The van der Waals surface area contributed by atoms with Crippen LogP contribution in [0.15, 0.2) is 0 Å². The predicted molar refractivity (Wildman–Crippen MR) is 71.9 cm³/mol. The summed E-state index contributed by atoms with van der Waals surface area (Å²) in [4.78, 5) is 36.6. The summed E-state index contributed by atoms with van der Waals surface area (Å²) in [5.41, 5.74) is 5.33. The Morgan fingerprint density at radius 2 is 1.77 bits per heavy atom. The molecule has 0 saturated carbocycles. The SMILES string of the molecule is Nc1c(O)c(O)c(O)c2c1CN(C1CCC(=O)NC1=O)C2=O. The number of nitrogens with zero attached hydrogens (tertiary/aromatic N) is 1. The van der Waals surface area contributed by atoms with Gasteiger partial charge in [0.1, 0.15) is 6.04 Å². The van der Waals surface area contributed by atoms with E-state index in [1.807, 2.05) is 0 Å². The number of aromatic hydroxyl groups is 3. The van der Waals surface area contributed by atoms with Gasteiger partial charge in [-0.25, -0.2) is 0 Å². The summed E-state index contributed by atoms with van der Waals surface area (Å²) in [5.74, 6) is -4.08. The number of phenolic OH excluding ortho intramolecular Hbond substituents is 3. The fraction of sp³-hybridized carbons (Fsp3) is 0.308. The molecule has 0 spiro atoms. The third-order valence-corrected chi connectivity index (χ3v) is 3.96. The molecule has 1 saturated heterocycles. The number of hydrogen-bond donors (Lipinski definition) is 5. The zero-order valence-corrected chi connectivity index (χ0v) is 11.3. The summed E-state index contributed by atoms with van der Waals surface area (Å²) in [6, 6.07) is -0.874. The quantitative estimate of drug-likeness (QED) is 0.196. The number of phenols is 3. The predicted octanol–water partition coefficient (Wildman–Crippen LogP) is -0.853. The largest absolute Gasteiger partial charge is 0.504 e. The molecule has 2 aliphatic rings. The molecule has 3 rings (SSSR count). The lowest BCUT2D eigenvalue weighted by atomic mass is 10.0. The smallest absolute Gasteiger partial charge is 0.259 e. The maximum absolute atomic E-state index is 12.4. The number of carbonyl (C=O) groups is 3. The van der Waals surface area contributed by atoms with Crippen LogP contribution in [0.3, 0.4) is 0 Å². The molecule has 1 aromatic rings. The maximum atomic E-state index is 12.4. The Balaban J connectivity index is 2.02. The number of carbonyl (C=O) groups excluding carboxylic acids is 3. The van der Waals surface area contributed by atoms with Crippen molar-refractivity contribution >= 4 is 23.4 Å². The molecule has 0 bridgehead atoms. The highest BCUT2D eigenvalue weighted by molar-refractivity contribution is 6.08. The maximum Gasteiger partial charge on any atom is 0.259 e. The van der Waals surface area contributed by atoms with Crippen LogP contribution in [-0.4, -0.2) is 44.0 Å². The average Bonchev–Trinajstić information content (AvgIpc) is 2.81. The van der Waals surface area contributed by atoms with Crippen molar-refractivity contribution in [3.63, 3.8) is 0 Å². The van der Waals surface area contributed by atoms with Crippen LogP contribution in [0.2, 0.25) is 0 Å². The first-order chi connectivity index (χ1) is 10.3. The molecule has 0 aliphatic carbocycles. The van der Waals surface area contributed by atoms with Crippen LogP contribution in [0.5, 0.6) is 17.2 Å². The highest BCUT2D eigenvalue weighted by Gasteiger charge is 2.42. The fourth-order valence-corrected chi connectivity index (χ4v) is 2.79. The van der Waals surface area contributed by atoms with E-state index in [1.54, 1.807) is 0 Å². The van der Waals surface area contributed by atoms with E-state index in [1.165, 1.54) is 0 Å². The molecule has 1 aromatic carbocycles. The Kier molecular flexibility index (Phi) is 2.87. The monoisotopic (exact) mass is 307 g/mol. The molecule has 2 heterocycles. The van der Waals surface area contributed by atoms with Crippen molar-refractivity contribution in [3.05, 3.63) is 11.1 Å². The summed E-state index contributed by atoms with van der Waals surface area (Å²) >= 11 is 0. The van der Waals surface area contributed by atoms with Gasteiger partial charge in [-0.05, 0) is 6.42 Å². The van der Waals surface area contributed by atoms with Crippen LogP contribution >= 0.6 is 0 Å². The number of anilines is 1. The van der Waals surface area contributed by atoms with Gasteiger partial charge in [0, 0.05) is 18.5 Å². The minimum atomic E-state index is -0.880. The van der Waals surface area contributed by atoms with Gasteiger partial charge >= 0.3 is 0 Å². The summed E-state index contributed by atoms with van der Waals surface area (Å²) in [6.07, 6.45) is 0.248. The third-order valence-electron chi connectivity index (χ3n) is 3.96. The normalized spacial score (nSPS) is 21.0. The number of fused-ring (bicyclic) bond motifs is 1. The average molecular weight is 307 g/mol. The first-order valence-electron chi connectivity index (χ1n) is 6.52. The van der Waals surface area contributed by atoms with Gasteiger partial charge in [-0.3, -0.25) is 19.7 Å². The van der Waals surface area contributed by atoms with Crippen LogP contribution in [0.4, 0.5) is 5.69 Å². The van der Waals surface area contributed by atoms with E-state index in [2.05, 4.69) is 5.32 Å². The molecule has 116 valence electrons. The summed E-state index contributed by atoms with van der Waals surface area (Å²) < 4.78 is 0. The van der Waals surface area contributed by atoms with Crippen LogP contribution in [0, 0.1) is 0 Å². The molecule has 1 atom stereocenters. The summed E-state index contributed by atoms with van der Waals surface area (Å²) in [6.45, 7) is -0.103. The van der Waals surface area contributed by atoms with Gasteiger partial charge in [-0.2, -0.15) is 0 Å². The molecule has 1 fully saturated rings. The van der Waals surface area contributed by atoms with Gasteiger partial charge < -0.3 is 26.0 Å². The first kappa shape index (κ1) is 14.0. The molecule has 2 aliphatic heterocycles. The summed E-state index contributed by atoms with van der Waals surface area (Å²) in [7, 11) is 0. The Bertz CT molecular complexity index is 729. The van der Waals surface area contributed by atoms with Crippen molar-refractivity contribution in [2.45, 2.75) is 25.4 Å². The molecule has 22 heavy (non-hydrogen) atoms. The van der Waals surface area contributed by atoms with Crippen LogP contribution in [0.25, 0.3) is 0 Å². The van der Waals surface area contributed by atoms with E-state index < -0.39 is 41.0 Å². The number of hydrogen-bond acceptors (Lipinski definition) is 7. The Morgan fingerprint density at radius 3 is 2.41 bits per heavy atom. The second-order valence-corrected chi connectivity index (χ2v) is 5.21. The third kappa shape index (κ3) is 1.75. The number of nitrogens with one attached hydrogen (secondary N) is 1. The number of piperidine rings is 1. The number of benzene rings is 1. The van der Waals surface area contributed by atoms with Gasteiger partial charge in [0.05, 0.1) is 11.3 Å². The van der Waals surface area contributed by atoms with E-state index in [0.29, 0.717) is 0 Å². The van der Waals surface area contributed by atoms with Crippen molar-refractivity contribution in [2.24, 2.45) is 0 Å². The van der Waals surface area contributed by atoms with E-state index >= 15 is 0 Å². The molecule has 0 aromatic heterocycles. The van der Waals surface area contributed by atoms with Gasteiger partial charge in [-0.15, -0.1) is 0 Å². The lowest BCUT2D eigenvalue weighted by Gasteiger charge is -2.29. The minimum Gasteiger partial charge on any atom is -0.504 e. The van der Waals surface area contributed by atoms with Crippen molar-refractivity contribution < 1.29 is 29.7 Å². The van der Waals surface area contributed by atoms with Crippen LogP contribution < -0.4 is 11.1 Å². The number of nitrogens with two attached hydrogens (primary N) is 1. The van der Waals surface area contributed by atoms with E-state index in [9.17, 15) is 29.7 Å². The molecule has 6 N–H and O–H groups in total. The minimum absolute atomic E-state index is 0.0918. The number of nitrogen functional groups attached to an aromatic ring is 1. The van der Waals surface area contributed by atoms with E-state index in [0.717, 1.165) is 4.90 Å². The molecule has 3 amide bonds.